The molecule has 0 spiro atoms. The predicted molar refractivity (Wildman–Crippen MR) is 137 cm³/mol. The number of nitrogens with one attached hydrogen (secondary N) is 2. The fraction of sp³-hybridized carbons (Fsp3) is 0.679. The first-order valence-corrected chi connectivity index (χ1v) is 13.3. The number of aromatic nitrogens is 1. The van der Waals surface area contributed by atoms with E-state index in [0.29, 0.717) is 12.2 Å². The van der Waals surface area contributed by atoms with Gasteiger partial charge in [0.15, 0.2) is 0 Å². The van der Waals surface area contributed by atoms with Crippen LogP contribution in [0.5, 0.6) is 0 Å². The summed E-state index contributed by atoms with van der Waals surface area (Å²) < 4.78 is 0. The minimum absolute atomic E-state index is 0.311. The van der Waals surface area contributed by atoms with Crippen LogP contribution in [-0.4, -0.2) is 22.6 Å². The highest BCUT2D eigenvalue weighted by atomic mass is 16.4. The molecule has 4 heteroatoms. The van der Waals surface area contributed by atoms with Crippen molar-refractivity contribution in [3.05, 3.63) is 35.5 Å². The SMILES string of the molecule is CCCCCCCCCCCCCCCCCCNCc1c(C(=O)O)[nH]c2ccccc12. The molecule has 2 aromatic rings. The highest BCUT2D eigenvalue weighted by Gasteiger charge is 2.16. The van der Waals surface area contributed by atoms with Crippen molar-refractivity contribution >= 4 is 16.9 Å². The minimum Gasteiger partial charge on any atom is -0.477 e. The average molecular weight is 443 g/mol. The lowest BCUT2D eigenvalue weighted by Crippen LogP contribution is -2.16. The predicted octanol–water partition coefficient (Wildman–Crippen LogP) is 8.22. The van der Waals surface area contributed by atoms with Crippen LogP contribution in [-0.2, 0) is 6.54 Å². The summed E-state index contributed by atoms with van der Waals surface area (Å²) in [4.78, 5) is 14.6. The summed E-state index contributed by atoms with van der Waals surface area (Å²) >= 11 is 0. The fourth-order valence-corrected chi connectivity index (χ4v) is 4.58. The Morgan fingerprint density at radius 1 is 0.781 bits per heavy atom. The number of hydrogen-bond donors (Lipinski definition) is 3. The number of hydrogen-bond acceptors (Lipinski definition) is 2. The van der Waals surface area contributed by atoms with E-state index in [1.54, 1.807) is 0 Å². The number of carbonyl (C=O) groups is 1. The molecule has 3 N–H and O–H groups in total. The zero-order valence-corrected chi connectivity index (χ0v) is 20.4. The number of aromatic carboxylic acids is 1. The van der Waals surface area contributed by atoms with E-state index in [4.69, 9.17) is 0 Å². The lowest BCUT2D eigenvalue weighted by atomic mass is 10.0. The topological polar surface area (TPSA) is 65.1 Å². The molecule has 2 rings (SSSR count). The maximum atomic E-state index is 11.5. The van der Waals surface area contributed by atoms with E-state index >= 15 is 0 Å². The summed E-state index contributed by atoms with van der Waals surface area (Å²) in [7, 11) is 0. The Labute approximate surface area is 195 Å². The van der Waals surface area contributed by atoms with Crippen molar-refractivity contribution in [3.8, 4) is 0 Å². The van der Waals surface area contributed by atoms with E-state index in [2.05, 4.69) is 17.2 Å². The quantitative estimate of drug-likeness (QED) is 0.181. The van der Waals surface area contributed by atoms with E-state index in [0.717, 1.165) is 29.4 Å². The van der Waals surface area contributed by atoms with E-state index in [-0.39, 0.29) is 0 Å². The molecule has 0 atom stereocenters. The first-order chi connectivity index (χ1) is 15.7. The van der Waals surface area contributed by atoms with Crippen molar-refractivity contribution in [3.63, 3.8) is 0 Å². The third-order valence-corrected chi connectivity index (χ3v) is 6.54. The Hall–Kier alpha value is -1.81. The van der Waals surface area contributed by atoms with Crippen LogP contribution in [0.25, 0.3) is 10.9 Å². The molecular formula is C28H46N2O2. The zero-order chi connectivity index (χ0) is 22.9. The molecule has 0 aliphatic carbocycles. The van der Waals surface area contributed by atoms with E-state index in [1.807, 2.05) is 24.3 Å². The Bertz CT molecular complexity index is 753. The zero-order valence-electron chi connectivity index (χ0n) is 20.4. The van der Waals surface area contributed by atoms with Crippen molar-refractivity contribution < 1.29 is 9.90 Å². The summed E-state index contributed by atoms with van der Waals surface area (Å²) in [6.07, 6.45) is 22.1. The van der Waals surface area contributed by atoms with Crippen LogP contribution in [0.15, 0.2) is 24.3 Å². The van der Waals surface area contributed by atoms with Gasteiger partial charge in [0.25, 0.3) is 0 Å². The molecule has 0 radical (unpaired) electrons. The van der Waals surface area contributed by atoms with Crippen molar-refractivity contribution in [1.29, 1.82) is 0 Å². The lowest BCUT2D eigenvalue weighted by molar-refractivity contribution is 0.0690. The minimum atomic E-state index is -0.889. The first kappa shape index (κ1) is 26.4. The Morgan fingerprint density at radius 2 is 1.28 bits per heavy atom. The molecule has 0 aliphatic heterocycles. The van der Waals surface area contributed by atoms with Gasteiger partial charge in [0.2, 0.25) is 0 Å². The third kappa shape index (κ3) is 10.2. The van der Waals surface area contributed by atoms with Gasteiger partial charge in [-0.15, -0.1) is 0 Å². The smallest absolute Gasteiger partial charge is 0.352 e. The van der Waals surface area contributed by atoms with Crippen LogP contribution in [0.3, 0.4) is 0 Å². The summed E-state index contributed by atoms with van der Waals surface area (Å²) in [5.74, 6) is -0.889. The number of para-hydroxylation sites is 1. The summed E-state index contributed by atoms with van der Waals surface area (Å²) in [5, 5.41) is 13.9. The fourth-order valence-electron chi connectivity index (χ4n) is 4.58. The molecule has 0 unspecified atom stereocenters. The standard InChI is InChI=1S/C28H46N2O2/c1-2-3-4-5-6-7-8-9-10-11-12-13-14-15-16-19-22-29-23-25-24-20-17-18-21-26(24)30-27(25)28(31)32/h17-18,20-21,29-30H,2-16,19,22-23H2,1H3,(H,31,32). The molecule has 0 saturated heterocycles. The van der Waals surface area contributed by atoms with Crippen LogP contribution in [0, 0.1) is 0 Å². The van der Waals surface area contributed by atoms with Gasteiger partial charge in [0.05, 0.1) is 0 Å². The molecular weight excluding hydrogens is 396 g/mol. The molecule has 0 amide bonds. The van der Waals surface area contributed by atoms with Gasteiger partial charge in [-0.2, -0.15) is 0 Å². The number of unbranched alkanes of at least 4 members (excludes halogenated alkanes) is 15. The molecule has 180 valence electrons. The van der Waals surface area contributed by atoms with Crippen LogP contribution < -0.4 is 5.32 Å². The number of fused-ring (bicyclic) bond motifs is 1. The third-order valence-electron chi connectivity index (χ3n) is 6.54. The van der Waals surface area contributed by atoms with Crippen molar-refractivity contribution in [2.45, 2.75) is 116 Å². The molecule has 4 nitrogen and oxygen atoms in total. The molecule has 32 heavy (non-hydrogen) atoms. The van der Waals surface area contributed by atoms with E-state index in [1.165, 1.54) is 96.3 Å². The monoisotopic (exact) mass is 442 g/mol. The number of carboxylic acid groups (broad SMARTS) is 1. The van der Waals surface area contributed by atoms with Gasteiger partial charge in [0, 0.05) is 23.0 Å². The second kappa shape index (κ2) is 16.8. The number of H-pyrrole nitrogens is 1. The second-order valence-corrected chi connectivity index (χ2v) is 9.31. The largest absolute Gasteiger partial charge is 0.477 e. The van der Waals surface area contributed by atoms with Crippen LogP contribution in [0.1, 0.15) is 126 Å². The Kier molecular flexibility index (Phi) is 13.9. The summed E-state index contributed by atoms with van der Waals surface area (Å²) in [6, 6.07) is 7.81. The number of carboxylic acids is 1. The summed E-state index contributed by atoms with van der Waals surface area (Å²) in [6.45, 7) is 3.83. The number of rotatable bonds is 20. The molecule has 0 aliphatic rings. The van der Waals surface area contributed by atoms with Crippen molar-refractivity contribution in [2.24, 2.45) is 0 Å². The Morgan fingerprint density at radius 3 is 1.81 bits per heavy atom. The van der Waals surface area contributed by atoms with Gasteiger partial charge < -0.3 is 15.4 Å². The highest BCUT2D eigenvalue weighted by Crippen LogP contribution is 2.22. The molecule has 1 aromatic carbocycles. The lowest BCUT2D eigenvalue weighted by Gasteiger charge is -2.06. The highest BCUT2D eigenvalue weighted by molar-refractivity contribution is 5.97. The van der Waals surface area contributed by atoms with Gasteiger partial charge >= 0.3 is 5.97 Å². The molecule has 1 heterocycles. The van der Waals surface area contributed by atoms with E-state index in [9.17, 15) is 9.90 Å². The van der Waals surface area contributed by atoms with Crippen molar-refractivity contribution in [1.82, 2.24) is 10.3 Å². The van der Waals surface area contributed by atoms with Crippen molar-refractivity contribution in [2.75, 3.05) is 6.54 Å². The second-order valence-electron chi connectivity index (χ2n) is 9.31. The van der Waals surface area contributed by atoms with Gasteiger partial charge in [-0.1, -0.05) is 121 Å². The van der Waals surface area contributed by atoms with Crippen LogP contribution in [0.4, 0.5) is 0 Å². The molecule has 0 fully saturated rings. The molecule has 1 aromatic heterocycles. The first-order valence-electron chi connectivity index (χ1n) is 13.3. The maximum absolute atomic E-state index is 11.5. The van der Waals surface area contributed by atoms with Gasteiger partial charge in [-0.3, -0.25) is 0 Å². The molecule has 0 bridgehead atoms. The molecule has 0 saturated carbocycles. The average Bonchev–Trinajstić information content (AvgIpc) is 3.17. The van der Waals surface area contributed by atoms with Crippen LogP contribution in [0.2, 0.25) is 0 Å². The van der Waals surface area contributed by atoms with Crippen LogP contribution >= 0.6 is 0 Å². The van der Waals surface area contributed by atoms with E-state index < -0.39 is 5.97 Å². The van der Waals surface area contributed by atoms with Gasteiger partial charge in [-0.25, -0.2) is 4.79 Å². The van der Waals surface area contributed by atoms with Gasteiger partial charge in [0.1, 0.15) is 5.69 Å². The van der Waals surface area contributed by atoms with Gasteiger partial charge in [-0.05, 0) is 19.0 Å². The number of benzene rings is 1. The normalized spacial score (nSPS) is 11.4. The Balaban J connectivity index is 1.41. The number of aromatic amines is 1. The maximum Gasteiger partial charge on any atom is 0.352 e. The summed E-state index contributed by atoms with van der Waals surface area (Å²) in [5.41, 5.74) is 2.07.